The van der Waals surface area contributed by atoms with Crippen LogP contribution in [0.15, 0.2) is 8.07 Å². The average molecular weight is 408 g/mol. The molecule has 0 aromatic rings. The summed E-state index contributed by atoms with van der Waals surface area (Å²) < 4.78 is 9.16. The average Bonchev–Trinajstić information content (AvgIpc) is 2.41. The van der Waals surface area contributed by atoms with Crippen LogP contribution in [0.3, 0.4) is 0 Å². The van der Waals surface area contributed by atoms with E-state index in [0.29, 0.717) is 17.4 Å². The van der Waals surface area contributed by atoms with E-state index in [0.717, 1.165) is 0 Å². The van der Waals surface area contributed by atoms with Crippen LogP contribution < -0.4 is 0 Å². The molecule has 0 N–H and O–H groups in total. The molecule has 2 aliphatic rings. The standard InChI is InChI=1S/C11H16BrO.3CH3.Sn/c1-10(2)7-5-9(13-4)11(10,3)6-8(7)12;;;;/h7,9H,5H2,1-4H3;3*1H3;/t7-,9-,11+;;;;/m1..../s1. The number of fused-ring (bicyclic) bond motifs is 2. The second kappa shape index (κ2) is 3.99. The summed E-state index contributed by atoms with van der Waals surface area (Å²) in [5.74, 6) is 0.670. The molecule has 98 valence electrons. The fraction of sp³-hybridized carbons (Fsp3) is 0.857. The van der Waals surface area contributed by atoms with Gasteiger partial charge in [-0.1, -0.05) is 0 Å². The molecule has 1 saturated carbocycles. The van der Waals surface area contributed by atoms with Crippen molar-refractivity contribution in [3.05, 3.63) is 8.07 Å². The minimum absolute atomic E-state index is 0.250. The Bertz CT molecular complexity index is 380. The number of rotatable bonds is 2. The molecule has 17 heavy (non-hydrogen) atoms. The molecule has 0 aliphatic heterocycles. The van der Waals surface area contributed by atoms with Crippen molar-refractivity contribution in [2.45, 2.75) is 48.1 Å². The molecule has 0 aromatic carbocycles. The second-order valence-corrected chi connectivity index (χ2v) is 22.5. The zero-order valence-corrected chi connectivity index (χ0v) is 16.6. The van der Waals surface area contributed by atoms with Crippen LogP contribution in [-0.4, -0.2) is 31.6 Å². The van der Waals surface area contributed by atoms with Crippen LogP contribution in [0.4, 0.5) is 0 Å². The molecule has 0 saturated heterocycles. The van der Waals surface area contributed by atoms with Gasteiger partial charge in [0.1, 0.15) is 0 Å². The van der Waals surface area contributed by atoms with Gasteiger partial charge in [0.25, 0.3) is 0 Å². The van der Waals surface area contributed by atoms with Gasteiger partial charge < -0.3 is 0 Å². The van der Waals surface area contributed by atoms with Gasteiger partial charge in [-0.05, 0) is 0 Å². The number of ether oxygens (including phenoxy) is 1. The first kappa shape index (κ1) is 14.4. The van der Waals surface area contributed by atoms with Gasteiger partial charge in [-0.3, -0.25) is 0 Å². The maximum absolute atomic E-state index is 5.84. The number of hydrogen-bond donors (Lipinski definition) is 0. The van der Waals surface area contributed by atoms with E-state index in [1.165, 1.54) is 6.42 Å². The molecule has 3 heteroatoms. The van der Waals surface area contributed by atoms with E-state index in [9.17, 15) is 0 Å². The van der Waals surface area contributed by atoms with Crippen molar-refractivity contribution >= 4 is 34.3 Å². The van der Waals surface area contributed by atoms with Crippen molar-refractivity contribution in [1.82, 2.24) is 0 Å². The summed E-state index contributed by atoms with van der Waals surface area (Å²) in [6.45, 7) is 7.32. The van der Waals surface area contributed by atoms with Crippen molar-refractivity contribution in [2.24, 2.45) is 16.7 Å². The van der Waals surface area contributed by atoms with Crippen molar-refractivity contribution in [2.75, 3.05) is 7.11 Å². The fourth-order valence-electron chi connectivity index (χ4n) is 4.32. The van der Waals surface area contributed by atoms with Gasteiger partial charge in [-0.25, -0.2) is 0 Å². The molecular formula is C14H25BrOSn. The zero-order valence-electron chi connectivity index (χ0n) is 12.1. The van der Waals surface area contributed by atoms with Gasteiger partial charge in [-0.15, -0.1) is 0 Å². The summed E-state index contributed by atoms with van der Waals surface area (Å²) in [4.78, 5) is 7.58. The van der Waals surface area contributed by atoms with E-state index >= 15 is 0 Å². The van der Waals surface area contributed by atoms with Gasteiger partial charge in [-0.2, -0.15) is 0 Å². The first-order chi connectivity index (χ1) is 7.58. The summed E-state index contributed by atoms with van der Waals surface area (Å²) in [5.41, 5.74) is 0.589. The summed E-state index contributed by atoms with van der Waals surface area (Å²) in [5, 5.41) is 0. The quantitative estimate of drug-likeness (QED) is 0.608. The Kier molecular flexibility index (Phi) is 3.37. The molecule has 0 aromatic heterocycles. The zero-order chi connectivity index (χ0) is 13.2. The minimum atomic E-state index is -2.08. The van der Waals surface area contributed by atoms with Crippen LogP contribution in [-0.2, 0) is 4.74 Å². The molecule has 0 heterocycles. The Labute approximate surface area is 118 Å². The van der Waals surface area contributed by atoms with E-state index < -0.39 is 18.4 Å². The number of allylic oxidation sites excluding steroid dienone is 1. The fourth-order valence-corrected chi connectivity index (χ4v) is 17.8. The van der Waals surface area contributed by atoms with Crippen LogP contribution in [0.5, 0.6) is 0 Å². The number of methoxy groups -OCH3 is 1. The third-order valence-electron chi connectivity index (χ3n) is 5.40. The Morgan fingerprint density at radius 1 is 1.24 bits per heavy atom. The van der Waals surface area contributed by atoms with Crippen LogP contribution in [0, 0.1) is 16.7 Å². The number of hydrogen-bond acceptors (Lipinski definition) is 1. The first-order valence-electron chi connectivity index (χ1n) is 6.52. The van der Waals surface area contributed by atoms with Crippen molar-refractivity contribution in [3.8, 4) is 0 Å². The Hall–Kier alpha value is 0.979. The topological polar surface area (TPSA) is 9.23 Å². The predicted molar refractivity (Wildman–Crippen MR) is 80.1 cm³/mol. The molecule has 0 spiro atoms. The van der Waals surface area contributed by atoms with Crippen molar-refractivity contribution in [1.29, 1.82) is 0 Å². The van der Waals surface area contributed by atoms with Crippen LogP contribution >= 0.6 is 15.9 Å². The molecule has 0 amide bonds. The van der Waals surface area contributed by atoms with E-state index in [4.69, 9.17) is 4.74 Å². The molecule has 2 rings (SSSR count). The monoisotopic (exact) mass is 408 g/mol. The van der Waals surface area contributed by atoms with E-state index in [1.807, 2.05) is 7.11 Å². The van der Waals surface area contributed by atoms with Gasteiger partial charge in [0.05, 0.1) is 0 Å². The SMILES string of the molecule is CO[C@@H]1C[C@@H]2C(Br)=[C]([Sn]([CH3])([CH3])[CH3])[C@]1(C)C2(C)C. The molecule has 3 atom stereocenters. The molecule has 0 unspecified atom stereocenters. The molecular weight excluding hydrogens is 383 g/mol. The van der Waals surface area contributed by atoms with E-state index in [-0.39, 0.29) is 5.41 Å². The Morgan fingerprint density at radius 2 is 1.76 bits per heavy atom. The Balaban J connectivity index is 2.62. The van der Waals surface area contributed by atoms with E-state index in [2.05, 4.69) is 51.5 Å². The van der Waals surface area contributed by atoms with Gasteiger partial charge in [0, 0.05) is 0 Å². The van der Waals surface area contributed by atoms with Crippen LogP contribution in [0.1, 0.15) is 27.2 Å². The Morgan fingerprint density at radius 3 is 2.12 bits per heavy atom. The maximum atomic E-state index is 5.84. The van der Waals surface area contributed by atoms with Gasteiger partial charge in [0.2, 0.25) is 0 Å². The van der Waals surface area contributed by atoms with Crippen molar-refractivity contribution in [3.63, 3.8) is 0 Å². The molecule has 2 bridgehead atoms. The molecule has 1 nitrogen and oxygen atoms in total. The third-order valence-corrected chi connectivity index (χ3v) is 13.9. The first-order valence-corrected chi connectivity index (χ1v) is 17.3. The van der Waals surface area contributed by atoms with Crippen LogP contribution in [0.2, 0.25) is 14.8 Å². The van der Waals surface area contributed by atoms with E-state index in [1.54, 1.807) is 8.07 Å². The third kappa shape index (κ3) is 1.65. The summed E-state index contributed by atoms with van der Waals surface area (Å²) in [7, 11) is 1.89. The number of halogens is 1. The van der Waals surface area contributed by atoms with Crippen molar-refractivity contribution < 1.29 is 4.74 Å². The molecule has 1 fully saturated rings. The molecule has 2 aliphatic carbocycles. The molecule has 0 radical (unpaired) electrons. The van der Waals surface area contributed by atoms with Gasteiger partial charge >= 0.3 is 119 Å². The summed E-state index contributed by atoms with van der Waals surface area (Å²) in [6, 6.07) is 0. The summed E-state index contributed by atoms with van der Waals surface area (Å²) >= 11 is 1.86. The van der Waals surface area contributed by atoms with Crippen LogP contribution in [0.25, 0.3) is 0 Å². The second-order valence-electron chi connectivity index (χ2n) is 7.41. The summed E-state index contributed by atoms with van der Waals surface area (Å²) in [6.07, 6.45) is 1.60. The predicted octanol–water partition coefficient (Wildman–Crippen LogP) is 4.59. The normalized spacial score (nSPS) is 40.2. The van der Waals surface area contributed by atoms with Gasteiger partial charge in [0.15, 0.2) is 0 Å².